The molecule has 1 unspecified atom stereocenters. The SMILES string of the molecule is CC(NC(=O)c1ccccc1NC(=S)NC(=O)CC1CCCC1)c1ccccc1. The van der Waals surface area contributed by atoms with Crippen molar-refractivity contribution in [1.82, 2.24) is 10.6 Å². The van der Waals surface area contributed by atoms with Crippen molar-refractivity contribution >= 4 is 34.8 Å². The Labute approximate surface area is 177 Å². The molecule has 2 aromatic carbocycles. The van der Waals surface area contributed by atoms with Gasteiger partial charge in [-0.25, -0.2) is 0 Å². The zero-order valence-corrected chi connectivity index (χ0v) is 17.4. The first-order valence-corrected chi connectivity index (χ1v) is 10.5. The topological polar surface area (TPSA) is 70.2 Å². The Morgan fingerprint density at radius 2 is 1.69 bits per heavy atom. The summed E-state index contributed by atoms with van der Waals surface area (Å²) >= 11 is 5.29. The minimum absolute atomic E-state index is 0.0750. The van der Waals surface area contributed by atoms with E-state index < -0.39 is 0 Å². The van der Waals surface area contributed by atoms with Crippen LogP contribution in [0.15, 0.2) is 54.6 Å². The molecule has 0 saturated heterocycles. The van der Waals surface area contributed by atoms with Crippen molar-refractivity contribution < 1.29 is 9.59 Å². The molecule has 1 aliphatic rings. The van der Waals surface area contributed by atoms with Gasteiger partial charge in [0.25, 0.3) is 5.91 Å². The molecule has 3 rings (SSSR count). The van der Waals surface area contributed by atoms with Gasteiger partial charge in [-0.05, 0) is 55.6 Å². The number of benzene rings is 2. The fourth-order valence-electron chi connectivity index (χ4n) is 3.70. The van der Waals surface area contributed by atoms with E-state index in [0.29, 0.717) is 23.6 Å². The van der Waals surface area contributed by atoms with Crippen LogP contribution in [0.5, 0.6) is 0 Å². The molecule has 29 heavy (non-hydrogen) atoms. The van der Waals surface area contributed by atoms with Gasteiger partial charge in [-0.15, -0.1) is 0 Å². The smallest absolute Gasteiger partial charge is 0.253 e. The number of carbonyl (C=O) groups is 2. The second-order valence-corrected chi connectivity index (χ2v) is 7.92. The molecule has 0 bridgehead atoms. The van der Waals surface area contributed by atoms with Gasteiger partial charge in [-0.1, -0.05) is 55.3 Å². The molecule has 6 heteroatoms. The van der Waals surface area contributed by atoms with Gasteiger partial charge < -0.3 is 16.0 Å². The number of hydrogen-bond donors (Lipinski definition) is 3. The zero-order valence-electron chi connectivity index (χ0n) is 16.6. The predicted molar refractivity (Wildman–Crippen MR) is 120 cm³/mol. The summed E-state index contributed by atoms with van der Waals surface area (Å²) in [6.45, 7) is 1.94. The lowest BCUT2D eigenvalue weighted by atomic mass is 10.0. The molecular formula is C23H27N3O2S. The maximum absolute atomic E-state index is 12.8. The number of thiocarbonyl (C=S) groups is 1. The van der Waals surface area contributed by atoms with Crippen LogP contribution in [0.2, 0.25) is 0 Å². The number of hydrogen-bond acceptors (Lipinski definition) is 3. The number of anilines is 1. The summed E-state index contributed by atoms with van der Waals surface area (Å²) in [7, 11) is 0. The molecular weight excluding hydrogens is 382 g/mol. The van der Waals surface area contributed by atoms with Gasteiger partial charge >= 0.3 is 0 Å². The molecule has 1 saturated carbocycles. The van der Waals surface area contributed by atoms with Crippen molar-refractivity contribution in [2.75, 3.05) is 5.32 Å². The summed E-state index contributed by atoms with van der Waals surface area (Å²) in [5.41, 5.74) is 2.07. The van der Waals surface area contributed by atoms with Crippen LogP contribution in [0.1, 0.15) is 61.0 Å². The van der Waals surface area contributed by atoms with Crippen molar-refractivity contribution in [2.24, 2.45) is 5.92 Å². The Morgan fingerprint density at radius 1 is 1.03 bits per heavy atom. The number of carbonyl (C=O) groups excluding carboxylic acids is 2. The van der Waals surface area contributed by atoms with Crippen LogP contribution in [0.25, 0.3) is 0 Å². The third kappa shape index (κ3) is 6.12. The predicted octanol–water partition coefficient (Wildman–Crippen LogP) is 4.57. The Bertz CT molecular complexity index is 863. The van der Waals surface area contributed by atoms with Crippen molar-refractivity contribution in [1.29, 1.82) is 0 Å². The summed E-state index contributed by atoms with van der Waals surface area (Å²) in [5, 5.41) is 8.95. The van der Waals surface area contributed by atoms with E-state index in [-0.39, 0.29) is 23.0 Å². The molecule has 3 N–H and O–H groups in total. The lowest BCUT2D eigenvalue weighted by Gasteiger charge is -2.17. The molecule has 1 fully saturated rings. The van der Waals surface area contributed by atoms with Gasteiger partial charge in [0.1, 0.15) is 0 Å². The quantitative estimate of drug-likeness (QED) is 0.611. The van der Waals surface area contributed by atoms with Crippen molar-refractivity contribution in [2.45, 2.75) is 45.1 Å². The number of para-hydroxylation sites is 1. The first-order chi connectivity index (χ1) is 14.0. The van der Waals surface area contributed by atoms with Crippen LogP contribution >= 0.6 is 12.2 Å². The third-order valence-electron chi connectivity index (χ3n) is 5.27. The van der Waals surface area contributed by atoms with E-state index in [0.717, 1.165) is 18.4 Å². The second-order valence-electron chi connectivity index (χ2n) is 7.51. The average molecular weight is 410 g/mol. The first kappa shape index (κ1) is 21.0. The Hall–Kier alpha value is -2.73. The third-order valence-corrected chi connectivity index (χ3v) is 5.47. The summed E-state index contributed by atoms with van der Waals surface area (Å²) in [5.74, 6) is 0.175. The van der Waals surface area contributed by atoms with Crippen molar-refractivity contribution in [3.63, 3.8) is 0 Å². The highest BCUT2D eigenvalue weighted by Crippen LogP contribution is 2.27. The Morgan fingerprint density at radius 3 is 2.41 bits per heavy atom. The summed E-state index contributed by atoms with van der Waals surface area (Å²) in [6, 6.07) is 16.8. The average Bonchev–Trinajstić information content (AvgIpc) is 3.21. The zero-order chi connectivity index (χ0) is 20.6. The van der Waals surface area contributed by atoms with Crippen LogP contribution in [-0.2, 0) is 4.79 Å². The molecule has 2 amide bonds. The molecule has 5 nitrogen and oxygen atoms in total. The van der Waals surface area contributed by atoms with Crippen LogP contribution in [0.3, 0.4) is 0 Å². The summed E-state index contributed by atoms with van der Waals surface area (Å²) in [6.07, 6.45) is 5.11. The number of nitrogens with one attached hydrogen (secondary N) is 3. The molecule has 0 spiro atoms. The normalized spacial score (nSPS) is 14.8. The van der Waals surface area contributed by atoms with Crippen LogP contribution in [-0.4, -0.2) is 16.9 Å². The van der Waals surface area contributed by atoms with Gasteiger partial charge in [0.05, 0.1) is 17.3 Å². The molecule has 0 aromatic heterocycles. The maximum Gasteiger partial charge on any atom is 0.253 e. The second kappa shape index (κ2) is 10.2. The Balaban J connectivity index is 1.59. The van der Waals surface area contributed by atoms with Gasteiger partial charge in [0.15, 0.2) is 5.11 Å². The van der Waals surface area contributed by atoms with Gasteiger partial charge in [0, 0.05) is 6.42 Å². The number of amides is 2. The van der Waals surface area contributed by atoms with Crippen molar-refractivity contribution in [3.8, 4) is 0 Å². The molecule has 2 aromatic rings. The molecule has 0 heterocycles. The van der Waals surface area contributed by atoms with Crippen LogP contribution in [0, 0.1) is 5.92 Å². The fourth-order valence-corrected chi connectivity index (χ4v) is 3.92. The minimum Gasteiger partial charge on any atom is -0.345 e. The van der Waals surface area contributed by atoms with E-state index >= 15 is 0 Å². The van der Waals surface area contributed by atoms with E-state index in [9.17, 15) is 9.59 Å². The first-order valence-electron chi connectivity index (χ1n) is 10.1. The minimum atomic E-state index is -0.204. The molecule has 1 atom stereocenters. The lowest BCUT2D eigenvalue weighted by molar-refractivity contribution is -0.120. The highest BCUT2D eigenvalue weighted by atomic mass is 32.1. The van der Waals surface area contributed by atoms with Gasteiger partial charge in [-0.3, -0.25) is 9.59 Å². The Kier molecular flexibility index (Phi) is 7.36. The maximum atomic E-state index is 12.8. The van der Waals surface area contributed by atoms with E-state index in [4.69, 9.17) is 12.2 Å². The molecule has 0 aliphatic heterocycles. The summed E-state index contributed by atoms with van der Waals surface area (Å²) < 4.78 is 0. The van der Waals surface area contributed by atoms with Crippen LogP contribution < -0.4 is 16.0 Å². The number of rotatable bonds is 6. The van der Waals surface area contributed by atoms with E-state index in [1.807, 2.05) is 43.3 Å². The highest BCUT2D eigenvalue weighted by Gasteiger charge is 2.20. The molecule has 152 valence electrons. The van der Waals surface area contributed by atoms with E-state index in [1.54, 1.807) is 18.2 Å². The van der Waals surface area contributed by atoms with E-state index in [1.165, 1.54) is 12.8 Å². The van der Waals surface area contributed by atoms with Crippen LogP contribution in [0.4, 0.5) is 5.69 Å². The highest BCUT2D eigenvalue weighted by molar-refractivity contribution is 7.80. The molecule has 1 aliphatic carbocycles. The van der Waals surface area contributed by atoms with Gasteiger partial charge in [-0.2, -0.15) is 0 Å². The van der Waals surface area contributed by atoms with Gasteiger partial charge in [0.2, 0.25) is 5.91 Å². The largest absolute Gasteiger partial charge is 0.345 e. The van der Waals surface area contributed by atoms with Crippen molar-refractivity contribution in [3.05, 3.63) is 65.7 Å². The fraction of sp³-hybridized carbons (Fsp3) is 0.348. The lowest BCUT2D eigenvalue weighted by Crippen LogP contribution is -2.35. The summed E-state index contributed by atoms with van der Waals surface area (Å²) in [4.78, 5) is 25.0. The standard InChI is InChI=1S/C23H27N3O2S/c1-16(18-11-3-2-4-12-18)24-22(28)19-13-7-8-14-20(19)25-23(29)26-21(27)15-17-9-5-6-10-17/h2-4,7-8,11-14,16-17H,5-6,9-10,15H2,1H3,(H,24,28)(H2,25,26,27,29). The monoisotopic (exact) mass is 409 g/mol. The molecule has 0 radical (unpaired) electrons. The van der Waals surface area contributed by atoms with E-state index in [2.05, 4.69) is 16.0 Å².